The van der Waals surface area contributed by atoms with Gasteiger partial charge in [-0.05, 0) is 30.4 Å². The number of allylic oxidation sites excluding steroid dienone is 2. The molecule has 2 atom stereocenters. The number of carbonyl (C=O) groups excluding carboxylic acids is 1. The van der Waals surface area contributed by atoms with E-state index in [0.29, 0.717) is 19.1 Å². The quantitative estimate of drug-likeness (QED) is 0.306. The molecule has 0 unspecified atom stereocenters. The van der Waals surface area contributed by atoms with Crippen molar-refractivity contribution in [1.29, 1.82) is 0 Å². The molecule has 124 valence electrons. The van der Waals surface area contributed by atoms with Gasteiger partial charge in [0.1, 0.15) is 0 Å². The number of rotatable bonds is 7. The molecule has 3 heteroatoms. The molecule has 0 bridgehead atoms. The SMILES string of the molecule is C=C(CCl)[C@@H]1CC[C@@H](C)C(=O)/C1=C/CCOCc1ccccc1. The average Bonchev–Trinajstić information content (AvgIpc) is 2.58. The van der Waals surface area contributed by atoms with Crippen molar-refractivity contribution < 1.29 is 9.53 Å². The van der Waals surface area contributed by atoms with E-state index in [2.05, 4.69) is 6.58 Å². The van der Waals surface area contributed by atoms with Crippen molar-refractivity contribution in [2.24, 2.45) is 11.8 Å². The third-order valence-electron chi connectivity index (χ3n) is 4.40. The number of hydrogen-bond donors (Lipinski definition) is 0. The minimum Gasteiger partial charge on any atom is -0.376 e. The van der Waals surface area contributed by atoms with E-state index in [4.69, 9.17) is 16.3 Å². The van der Waals surface area contributed by atoms with Crippen molar-refractivity contribution in [3.63, 3.8) is 0 Å². The van der Waals surface area contributed by atoms with Gasteiger partial charge in [0.15, 0.2) is 5.78 Å². The highest BCUT2D eigenvalue weighted by atomic mass is 35.5. The molecule has 1 aliphatic rings. The number of alkyl halides is 1. The second-order valence-electron chi connectivity index (χ2n) is 6.17. The minimum atomic E-state index is 0.103. The maximum absolute atomic E-state index is 12.4. The van der Waals surface area contributed by atoms with Gasteiger partial charge in [-0.3, -0.25) is 4.79 Å². The first kappa shape index (κ1) is 18.0. The summed E-state index contributed by atoms with van der Waals surface area (Å²) >= 11 is 5.92. The zero-order chi connectivity index (χ0) is 16.7. The Hall–Kier alpha value is -1.38. The van der Waals surface area contributed by atoms with Gasteiger partial charge < -0.3 is 4.74 Å². The van der Waals surface area contributed by atoms with Gasteiger partial charge in [-0.2, -0.15) is 0 Å². The molecule has 0 N–H and O–H groups in total. The van der Waals surface area contributed by atoms with E-state index in [9.17, 15) is 4.79 Å². The Morgan fingerprint density at radius 2 is 2.09 bits per heavy atom. The summed E-state index contributed by atoms with van der Waals surface area (Å²) in [6.07, 6.45) is 4.66. The Balaban J connectivity index is 1.89. The van der Waals surface area contributed by atoms with E-state index in [1.165, 1.54) is 0 Å². The fourth-order valence-corrected chi connectivity index (χ4v) is 3.17. The van der Waals surface area contributed by atoms with Crippen LogP contribution in [0.1, 0.15) is 31.7 Å². The van der Waals surface area contributed by atoms with Gasteiger partial charge in [0.05, 0.1) is 13.2 Å². The van der Waals surface area contributed by atoms with Gasteiger partial charge in [-0.25, -0.2) is 0 Å². The Morgan fingerprint density at radius 1 is 1.35 bits per heavy atom. The lowest BCUT2D eigenvalue weighted by molar-refractivity contribution is -0.120. The van der Waals surface area contributed by atoms with Crippen LogP contribution >= 0.6 is 11.6 Å². The second kappa shape index (κ2) is 9.05. The van der Waals surface area contributed by atoms with E-state index in [0.717, 1.165) is 36.0 Å². The Bertz CT molecular complexity index is 562. The lowest BCUT2D eigenvalue weighted by atomic mass is 9.75. The third-order valence-corrected chi connectivity index (χ3v) is 4.74. The predicted octanol–water partition coefficient (Wildman–Crippen LogP) is 4.93. The molecule has 1 saturated carbocycles. The van der Waals surface area contributed by atoms with Crippen LogP contribution in [0.2, 0.25) is 0 Å². The van der Waals surface area contributed by atoms with Gasteiger partial charge in [0.25, 0.3) is 0 Å². The van der Waals surface area contributed by atoms with Crippen LogP contribution < -0.4 is 0 Å². The standard InChI is InChI=1S/C20H25ClO2/c1-15-10-11-18(16(2)13-21)19(20(15)22)9-6-12-23-14-17-7-4-3-5-8-17/h3-5,7-9,15,18H,2,6,10-14H2,1H3/b19-9+/t15-,18+/m1/s1. The zero-order valence-corrected chi connectivity index (χ0v) is 14.5. The molecule has 0 aliphatic heterocycles. The maximum Gasteiger partial charge on any atom is 0.161 e. The highest BCUT2D eigenvalue weighted by Crippen LogP contribution is 2.35. The molecule has 1 aromatic carbocycles. The molecule has 1 aliphatic carbocycles. The van der Waals surface area contributed by atoms with Gasteiger partial charge in [0.2, 0.25) is 0 Å². The number of benzene rings is 1. The van der Waals surface area contributed by atoms with Crippen molar-refractivity contribution in [3.8, 4) is 0 Å². The van der Waals surface area contributed by atoms with Gasteiger partial charge >= 0.3 is 0 Å². The Kier molecular flexibility index (Phi) is 7.07. The van der Waals surface area contributed by atoms with E-state index >= 15 is 0 Å². The normalized spacial score (nSPS) is 23.2. The summed E-state index contributed by atoms with van der Waals surface area (Å²) in [5.74, 6) is 0.875. The number of ketones is 1. The van der Waals surface area contributed by atoms with Gasteiger partial charge in [-0.1, -0.05) is 55.5 Å². The monoisotopic (exact) mass is 332 g/mol. The molecular weight excluding hydrogens is 308 g/mol. The lowest BCUT2D eigenvalue weighted by Gasteiger charge is -2.29. The summed E-state index contributed by atoms with van der Waals surface area (Å²) in [6, 6.07) is 10.1. The number of ether oxygens (including phenoxy) is 1. The summed E-state index contributed by atoms with van der Waals surface area (Å²) in [5.41, 5.74) is 3.00. The predicted molar refractivity (Wildman–Crippen MR) is 95.6 cm³/mol. The summed E-state index contributed by atoms with van der Waals surface area (Å²) in [6.45, 7) is 7.25. The van der Waals surface area contributed by atoms with Crippen LogP contribution in [0, 0.1) is 11.8 Å². The fraction of sp³-hybridized carbons (Fsp3) is 0.450. The molecule has 23 heavy (non-hydrogen) atoms. The van der Waals surface area contributed by atoms with E-state index in [1.54, 1.807) is 0 Å². The van der Waals surface area contributed by atoms with Crippen molar-refractivity contribution in [3.05, 3.63) is 59.7 Å². The first-order chi connectivity index (χ1) is 11.1. The molecule has 0 radical (unpaired) electrons. The van der Waals surface area contributed by atoms with Crippen LogP contribution in [-0.4, -0.2) is 18.3 Å². The summed E-state index contributed by atoms with van der Waals surface area (Å²) in [7, 11) is 0. The lowest BCUT2D eigenvalue weighted by Crippen LogP contribution is -2.27. The first-order valence-electron chi connectivity index (χ1n) is 8.23. The topological polar surface area (TPSA) is 26.3 Å². The zero-order valence-electron chi connectivity index (χ0n) is 13.8. The summed E-state index contributed by atoms with van der Waals surface area (Å²) in [5, 5.41) is 0. The molecule has 0 aromatic heterocycles. The van der Waals surface area contributed by atoms with Crippen LogP contribution in [0.3, 0.4) is 0 Å². The Labute approximate surface area is 144 Å². The number of carbonyl (C=O) groups is 1. The highest BCUT2D eigenvalue weighted by molar-refractivity contribution is 6.19. The van der Waals surface area contributed by atoms with Crippen LogP contribution in [0.15, 0.2) is 54.1 Å². The van der Waals surface area contributed by atoms with E-state index < -0.39 is 0 Å². The summed E-state index contributed by atoms with van der Waals surface area (Å²) < 4.78 is 5.69. The smallest absolute Gasteiger partial charge is 0.161 e. The van der Waals surface area contributed by atoms with Crippen LogP contribution in [0.25, 0.3) is 0 Å². The van der Waals surface area contributed by atoms with E-state index in [1.807, 2.05) is 43.3 Å². The third kappa shape index (κ3) is 5.05. The molecule has 0 amide bonds. The van der Waals surface area contributed by atoms with E-state index in [-0.39, 0.29) is 17.6 Å². The molecular formula is C20H25ClO2. The molecule has 0 saturated heterocycles. The number of Topliss-reactive ketones (excluding diaryl/α,β-unsaturated/α-hetero) is 1. The average molecular weight is 333 g/mol. The maximum atomic E-state index is 12.4. The van der Waals surface area contributed by atoms with Crippen molar-refractivity contribution in [2.75, 3.05) is 12.5 Å². The number of hydrogen-bond acceptors (Lipinski definition) is 2. The molecule has 2 rings (SSSR count). The van der Waals surface area contributed by atoms with Crippen molar-refractivity contribution in [2.45, 2.75) is 32.8 Å². The Morgan fingerprint density at radius 3 is 2.78 bits per heavy atom. The molecule has 0 spiro atoms. The molecule has 2 nitrogen and oxygen atoms in total. The fourth-order valence-electron chi connectivity index (χ4n) is 2.98. The van der Waals surface area contributed by atoms with Crippen LogP contribution in [0.4, 0.5) is 0 Å². The largest absolute Gasteiger partial charge is 0.376 e. The minimum absolute atomic E-state index is 0.103. The molecule has 1 fully saturated rings. The first-order valence-corrected chi connectivity index (χ1v) is 8.76. The van der Waals surface area contributed by atoms with Crippen molar-refractivity contribution in [1.82, 2.24) is 0 Å². The van der Waals surface area contributed by atoms with Gasteiger partial charge in [0, 0.05) is 17.7 Å². The second-order valence-corrected chi connectivity index (χ2v) is 6.44. The molecule has 1 aromatic rings. The summed E-state index contributed by atoms with van der Waals surface area (Å²) in [4.78, 5) is 12.4. The van der Waals surface area contributed by atoms with Gasteiger partial charge in [-0.15, -0.1) is 11.6 Å². The van der Waals surface area contributed by atoms with Crippen LogP contribution in [-0.2, 0) is 16.1 Å². The number of halogens is 1. The molecule has 0 heterocycles. The highest BCUT2D eigenvalue weighted by Gasteiger charge is 2.31. The van der Waals surface area contributed by atoms with Crippen LogP contribution in [0.5, 0.6) is 0 Å². The van der Waals surface area contributed by atoms with Crippen molar-refractivity contribution >= 4 is 17.4 Å².